The summed E-state index contributed by atoms with van der Waals surface area (Å²) < 4.78 is 0. The number of unbranched alkanes of at least 4 members (excludes halogenated alkanes) is 5. The lowest BCUT2D eigenvalue weighted by molar-refractivity contribution is -0.123. The highest BCUT2D eigenvalue weighted by molar-refractivity contribution is 5.81. The van der Waals surface area contributed by atoms with Crippen molar-refractivity contribution in [1.82, 2.24) is 5.32 Å². The second kappa shape index (κ2) is 14.3. The quantitative estimate of drug-likeness (QED) is 0.431. The number of hydrogen-bond donors (Lipinski definition) is 3. The molecule has 1 amide bonds. The molecule has 0 aliphatic carbocycles. The van der Waals surface area contributed by atoms with E-state index in [-0.39, 0.29) is 11.9 Å². The van der Waals surface area contributed by atoms with Crippen molar-refractivity contribution >= 4 is 5.91 Å². The predicted octanol–water partition coefficient (Wildman–Crippen LogP) is 3.09. The normalized spacial score (nSPS) is 12.6. The summed E-state index contributed by atoms with van der Waals surface area (Å²) in [5, 5.41) is 3.17. The van der Waals surface area contributed by atoms with Gasteiger partial charge in [0, 0.05) is 6.04 Å². The molecule has 5 N–H and O–H groups in total. The minimum Gasteiger partial charge on any atom is -0.352 e. The minimum atomic E-state index is -0.378. The number of nitrogens with one attached hydrogen (secondary N) is 1. The van der Waals surface area contributed by atoms with E-state index in [0.717, 1.165) is 32.1 Å². The number of carbonyl (C=O) groups is 1. The highest BCUT2D eigenvalue weighted by Crippen LogP contribution is 2.11. The summed E-state index contributed by atoms with van der Waals surface area (Å²) >= 11 is 0. The molecule has 1 unspecified atom stereocenters. The zero-order valence-electron chi connectivity index (χ0n) is 14.2. The number of carbonyl (C=O) groups excluding carboxylic acids is 1. The third kappa shape index (κ3) is 11.7. The van der Waals surface area contributed by atoms with Gasteiger partial charge in [-0.2, -0.15) is 0 Å². The second-order valence-corrected chi connectivity index (χ2v) is 6.09. The van der Waals surface area contributed by atoms with Gasteiger partial charge in [-0.3, -0.25) is 4.79 Å². The second-order valence-electron chi connectivity index (χ2n) is 6.09. The number of nitrogens with two attached hydrogens (primary N) is 2. The molecule has 4 nitrogen and oxygen atoms in total. The maximum absolute atomic E-state index is 12.1. The first-order valence-electron chi connectivity index (χ1n) is 8.91. The monoisotopic (exact) mass is 299 g/mol. The fourth-order valence-electron chi connectivity index (χ4n) is 2.52. The van der Waals surface area contributed by atoms with E-state index < -0.39 is 0 Å². The molecule has 0 aromatic heterocycles. The molecular formula is C17H37N3O. The molecule has 0 saturated heterocycles. The van der Waals surface area contributed by atoms with Crippen molar-refractivity contribution < 1.29 is 4.79 Å². The van der Waals surface area contributed by atoms with Gasteiger partial charge in [-0.05, 0) is 32.2 Å². The molecule has 0 heterocycles. The van der Waals surface area contributed by atoms with E-state index in [1.165, 1.54) is 38.5 Å². The Morgan fingerprint density at radius 3 is 1.90 bits per heavy atom. The Morgan fingerprint density at radius 2 is 1.43 bits per heavy atom. The summed E-state index contributed by atoms with van der Waals surface area (Å²) in [5.41, 5.74) is 11.4. The molecule has 0 bridgehead atoms. The first-order valence-corrected chi connectivity index (χ1v) is 8.91. The van der Waals surface area contributed by atoms with Crippen LogP contribution in [0.1, 0.15) is 84.5 Å². The Balaban J connectivity index is 4.11. The zero-order chi connectivity index (χ0) is 15.9. The van der Waals surface area contributed by atoms with Crippen LogP contribution in [0.3, 0.4) is 0 Å². The SMILES string of the molecule is CCCCCC(CCCCC)NC(=O)C(N)CCCCN. The molecule has 0 aromatic carbocycles. The first kappa shape index (κ1) is 20.4. The van der Waals surface area contributed by atoms with E-state index in [0.29, 0.717) is 12.6 Å². The molecular weight excluding hydrogens is 262 g/mol. The molecule has 0 saturated carbocycles. The summed E-state index contributed by atoms with van der Waals surface area (Å²) in [6, 6.07) is -0.0763. The van der Waals surface area contributed by atoms with Gasteiger partial charge in [0.15, 0.2) is 0 Å². The van der Waals surface area contributed by atoms with Gasteiger partial charge in [0.05, 0.1) is 6.04 Å². The highest BCUT2D eigenvalue weighted by Gasteiger charge is 2.17. The van der Waals surface area contributed by atoms with Crippen molar-refractivity contribution in [3.8, 4) is 0 Å². The van der Waals surface area contributed by atoms with Crippen LogP contribution in [0, 0.1) is 0 Å². The van der Waals surface area contributed by atoms with Gasteiger partial charge in [0.1, 0.15) is 0 Å². The van der Waals surface area contributed by atoms with Gasteiger partial charge in [-0.25, -0.2) is 0 Å². The Labute approximate surface area is 131 Å². The van der Waals surface area contributed by atoms with Crippen LogP contribution in [0.2, 0.25) is 0 Å². The van der Waals surface area contributed by atoms with Crippen LogP contribution in [0.25, 0.3) is 0 Å². The largest absolute Gasteiger partial charge is 0.352 e. The molecule has 0 aliphatic rings. The van der Waals surface area contributed by atoms with Crippen molar-refractivity contribution in [1.29, 1.82) is 0 Å². The van der Waals surface area contributed by atoms with Gasteiger partial charge in [0.25, 0.3) is 0 Å². The lowest BCUT2D eigenvalue weighted by Gasteiger charge is -2.21. The lowest BCUT2D eigenvalue weighted by Crippen LogP contribution is -2.45. The molecule has 4 heteroatoms. The van der Waals surface area contributed by atoms with E-state index in [2.05, 4.69) is 19.2 Å². The summed E-state index contributed by atoms with van der Waals surface area (Å²) in [6.07, 6.45) is 12.1. The van der Waals surface area contributed by atoms with E-state index in [9.17, 15) is 4.79 Å². The summed E-state index contributed by atoms with van der Waals surface area (Å²) in [4.78, 5) is 12.1. The fraction of sp³-hybridized carbons (Fsp3) is 0.941. The summed E-state index contributed by atoms with van der Waals surface area (Å²) in [5.74, 6) is 0.0185. The molecule has 0 aliphatic heterocycles. The molecule has 0 rings (SSSR count). The fourth-order valence-corrected chi connectivity index (χ4v) is 2.52. The van der Waals surface area contributed by atoms with Crippen molar-refractivity contribution in [3.63, 3.8) is 0 Å². The minimum absolute atomic E-state index is 0.0185. The van der Waals surface area contributed by atoms with Crippen LogP contribution in [0.15, 0.2) is 0 Å². The lowest BCUT2D eigenvalue weighted by atomic mass is 10.0. The zero-order valence-corrected chi connectivity index (χ0v) is 14.2. The average molecular weight is 300 g/mol. The van der Waals surface area contributed by atoms with Gasteiger partial charge in [0.2, 0.25) is 5.91 Å². The van der Waals surface area contributed by atoms with Gasteiger partial charge >= 0.3 is 0 Å². The van der Waals surface area contributed by atoms with Crippen LogP contribution in [0.4, 0.5) is 0 Å². The summed E-state index contributed by atoms with van der Waals surface area (Å²) in [6.45, 7) is 5.08. The number of rotatable bonds is 14. The molecule has 21 heavy (non-hydrogen) atoms. The van der Waals surface area contributed by atoms with Crippen LogP contribution in [-0.4, -0.2) is 24.5 Å². The number of hydrogen-bond acceptors (Lipinski definition) is 3. The topological polar surface area (TPSA) is 81.1 Å². The Kier molecular flexibility index (Phi) is 13.9. The molecule has 0 spiro atoms. The smallest absolute Gasteiger partial charge is 0.237 e. The van der Waals surface area contributed by atoms with E-state index >= 15 is 0 Å². The van der Waals surface area contributed by atoms with Gasteiger partial charge in [-0.1, -0.05) is 58.8 Å². The molecule has 0 fully saturated rings. The van der Waals surface area contributed by atoms with Crippen LogP contribution < -0.4 is 16.8 Å². The molecule has 1 atom stereocenters. The third-order valence-electron chi connectivity index (χ3n) is 3.96. The Bertz CT molecular complexity index is 236. The average Bonchev–Trinajstić information content (AvgIpc) is 2.47. The van der Waals surface area contributed by atoms with Crippen molar-refractivity contribution in [2.45, 2.75) is 96.6 Å². The van der Waals surface area contributed by atoms with Crippen molar-refractivity contribution in [2.24, 2.45) is 11.5 Å². The Morgan fingerprint density at radius 1 is 0.905 bits per heavy atom. The Hall–Kier alpha value is -0.610. The summed E-state index contributed by atoms with van der Waals surface area (Å²) in [7, 11) is 0. The molecule has 126 valence electrons. The maximum Gasteiger partial charge on any atom is 0.237 e. The first-order chi connectivity index (χ1) is 10.2. The standard InChI is InChI=1S/C17H37N3O/c1-3-5-7-11-15(12-8-6-4-2)20-17(21)16(19)13-9-10-14-18/h15-16H,3-14,18-19H2,1-2H3,(H,20,21). The molecule has 0 aromatic rings. The number of amides is 1. The van der Waals surface area contributed by atoms with E-state index in [4.69, 9.17) is 11.5 Å². The molecule has 0 radical (unpaired) electrons. The predicted molar refractivity (Wildman–Crippen MR) is 91.1 cm³/mol. The third-order valence-corrected chi connectivity index (χ3v) is 3.96. The van der Waals surface area contributed by atoms with Crippen LogP contribution in [-0.2, 0) is 4.79 Å². The van der Waals surface area contributed by atoms with E-state index in [1.54, 1.807) is 0 Å². The van der Waals surface area contributed by atoms with E-state index in [1.807, 2.05) is 0 Å². The van der Waals surface area contributed by atoms with Gasteiger partial charge in [-0.15, -0.1) is 0 Å². The van der Waals surface area contributed by atoms with Crippen LogP contribution in [0.5, 0.6) is 0 Å². The van der Waals surface area contributed by atoms with Gasteiger partial charge < -0.3 is 16.8 Å². The van der Waals surface area contributed by atoms with Crippen LogP contribution >= 0.6 is 0 Å². The highest BCUT2D eigenvalue weighted by atomic mass is 16.2. The van der Waals surface area contributed by atoms with Crippen molar-refractivity contribution in [2.75, 3.05) is 6.54 Å². The maximum atomic E-state index is 12.1. The van der Waals surface area contributed by atoms with Crippen molar-refractivity contribution in [3.05, 3.63) is 0 Å².